The summed E-state index contributed by atoms with van der Waals surface area (Å²) in [5, 5.41) is 2.74. The highest BCUT2D eigenvalue weighted by molar-refractivity contribution is 5.76. The second-order valence-corrected chi connectivity index (χ2v) is 5.64. The van der Waals surface area contributed by atoms with Gasteiger partial charge < -0.3 is 5.32 Å². The zero-order valence-corrected chi connectivity index (χ0v) is 11.6. The maximum Gasteiger partial charge on any atom is 0.220 e. The average molecular weight is 245 g/mol. The topological polar surface area (TPSA) is 29.1 Å². The Morgan fingerprint density at radius 3 is 2.22 bits per heavy atom. The number of rotatable bonds is 5. The van der Waals surface area contributed by atoms with Crippen LogP contribution in [-0.4, -0.2) is 13.0 Å². The van der Waals surface area contributed by atoms with E-state index in [0.717, 1.165) is 0 Å². The maximum absolute atomic E-state index is 11.6. The zero-order valence-electron chi connectivity index (χ0n) is 11.6. The van der Waals surface area contributed by atoms with E-state index in [2.05, 4.69) is 43.4 Å². The fraction of sp³-hybridized carbons (Fsp3) is 0.562. The van der Waals surface area contributed by atoms with Crippen LogP contribution in [0.25, 0.3) is 0 Å². The highest BCUT2D eigenvalue weighted by atomic mass is 16.1. The monoisotopic (exact) mass is 245 g/mol. The molecule has 1 N–H and O–H groups in total. The van der Waals surface area contributed by atoms with E-state index in [9.17, 15) is 4.79 Å². The summed E-state index contributed by atoms with van der Waals surface area (Å²) in [7, 11) is 1.72. The lowest BCUT2D eigenvalue weighted by Gasteiger charge is -2.17. The maximum atomic E-state index is 11.6. The molecular weight excluding hydrogens is 222 g/mol. The van der Waals surface area contributed by atoms with Gasteiger partial charge in [-0.3, -0.25) is 4.79 Å². The minimum Gasteiger partial charge on any atom is -0.359 e. The molecule has 0 aliphatic heterocycles. The van der Waals surface area contributed by atoms with Crippen LogP contribution in [0.2, 0.25) is 0 Å². The van der Waals surface area contributed by atoms with Crippen molar-refractivity contribution in [2.24, 2.45) is 5.92 Å². The van der Waals surface area contributed by atoms with Crippen LogP contribution in [0, 0.1) is 5.92 Å². The minimum absolute atomic E-state index is 0.153. The van der Waals surface area contributed by atoms with E-state index < -0.39 is 0 Å². The quantitative estimate of drug-likeness (QED) is 0.846. The van der Waals surface area contributed by atoms with Gasteiger partial charge in [0.25, 0.3) is 0 Å². The molecule has 0 saturated heterocycles. The number of amides is 1. The molecule has 0 radical (unpaired) electrons. The van der Waals surface area contributed by atoms with Crippen LogP contribution in [0.5, 0.6) is 0 Å². The molecular formula is C16H23NO. The Balaban J connectivity index is 2.12. The summed E-state index contributed by atoms with van der Waals surface area (Å²) in [6, 6.07) is 8.83. The normalized spacial score (nSPS) is 16.7. The fourth-order valence-electron chi connectivity index (χ4n) is 2.49. The summed E-state index contributed by atoms with van der Waals surface area (Å²) < 4.78 is 0. The van der Waals surface area contributed by atoms with Crippen LogP contribution >= 0.6 is 0 Å². The second kappa shape index (κ2) is 5.55. The van der Waals surface area contributed by atoms with Crippen molar-refractivity contribution in [1.82, 2.24) is 5.32 Å². The van der Waals surface area contributed by atoms with Gasteiger partial charge in [-0.05, 0) is 41.7 Å². The Morgan fingerprint density at radius 2 is 1.78 bits per heavy atom. The molecule has 1 atom stereocenters. The molecule has 2 heteroatoms. The number of carbonyl (C=O) groups excluding carboxylic acids is 1. The molecule has 1 aliphatic rings. The first kappa shape index (κ1) is 13.1. The lowest BCUT2D eigenvalue weighted by molar-refractivity contribution is -0.121. The van der Waals surface area contributed by atoms with Crippen LogP contribution in [0.3, 0.4) is 0 Å². The molecule has 18 heavy (non-hydrogen) atoms. The predicted octanol–water partition coefficient (Wildman–Crippen LogP) is 3.44. The number of hydrogen-bond donors (Lipinski definition) is 1. The molecule has 1 aliphatic carbocycles. The summed E-state index contributed by atoms with van der Waals surface area (Å²) in [4.78, 5) is 11.6. The Morgan fingerprint density at radius 1 is 1.22 bits per heavy atom. The van der Waals surface area contributed by atoms with E-state index in [-0.39, 0.29) is 5.91 Å². The Bertz CT molecular complexity index is 404. The second-order valence-electron chi connectivity index (χ2n) is 5.64. The number of hydrogen-bond acceptors (Lipinski definition) is 1. The van der Waals surface area contributed by atoms with Crippen LogP contribution in [0.4, 0.5) is 0 Å². The smallest absolute Gasteiger partial charge is 0.220 e. The van der Waals surface area contributed by atoms with E-state index >= 15 is 0 Å². The van der Waals surface area contributed by atoms with Gasteiger partial charge in [0.1, 0.15) is 0 Å². The molecule has 0 spiro atoms. The van der Waals surface area contributed by atoms with Crippen molar-refractivity contribution >= 4 is 5.91 Å². The molecule has 0 bridgehead atoms. The minimum atomic E-state index is 0.153. The molecule has 1 saturated carbocycles. The first-order chi connectivity index (χ1) is 8.61. The van der Waals surface area contributed by atoms with Crippen molar-refractivity contribution < 1.29 is 4.79 Å². The van der Waals surface area contributed by atoms with E-state index in [1.54, 1.807) is 7.05 Å². The molecule has 0 heterocycles. The van der Waals surface area contributed by atoms with Gasteiger partial charge >= 0.3 is 0 Å². The van der Waals surface area contributed by atoms with Gasteiger partial charge in [-0.1, -0.05) is 38.1 Å². The molecule has 2 nitrogen and oxygen atoms in total. The third-order valence-electron chi connectivity index (χ3n) is 3.91. The highest BCUT2D eigenvalue weighted by Crippen LogP contribution is 2.44. The van der Waals surface area contributed by atoms with Crippen molar-refractivity contribution in [1.29, 1.82) is 0 Å². The lowest BCUT2D eigenvalue weighted by atomic mass is 9.89. The van der Waals surface area contributed by atoms with Gasteiger partial charge in [0, 0.05) is 13.5 Å². The number of benzene rings is 1. The van der Waals surface area contributed by atoms with Crippen LogP contribution in [0.1, 0.15) is 56.1 Å². The molecule has 1 fully saturated rings. The van der Waals surface area contributed by atoms with E-state index in [1.165, 1.54) is 24.0 Å². The van der Waals surface area contributed by atoms with Crippen molar-refractivity contribution in [3.05, 3.63) is 35.4 Å². The summed E-state index contributed by atoms with van der Waals surface area (Å²) >= 11 is 0. The fourth-order valence-corrected chi connectivity index (χ4v) is 2.49. The van der Waals surface area contributed by atoms with Gasteiger partial charge in [0.05, 0.1) is 0 Å². The summed E-state index contributed by atoms with van der Waals surface area (Å²) in [6.45, 7) is 4.41. The largest absolute Gasteiger partial charge is 0.359 e. The first-order valence-electron chi connectivity index (χ1n) is 6.92. The van der Waals surface area contributed by atoms with Gasteiger partial charge in [0.15, 0.2) is 0 Å². The summed E-state index contributed by atoms with van der Waals surface area (Å²) in [6.07, 6.45) is 3.17. The summed E-state index contributed by atoms with van der Waals surface area (Å²) in [5.41, 5.74) is 2.69. The number of nitrogens with one attached hydrogen (secondary N) is 1. The molecule has 1 unspecified atom stereocenters. The third-order valence-corrected chi connectivity index (χ3v) is 3.91. The molecule has 2 rings (SSSR count). The molecule has 1 aromatic rings. The molecule has 1 amide bonds. The van der Waals surface area contributed by atoms with Crippen molar-refractivity contribution in [2.75, 3.05) is 7.05 Å². The molecule has 0 aromatic heterocycles. The van der Waals surface area contributed by atoms with Crippen molar-refractivity contribution in [3.63, 3.8) is 0 Å². The van der Waals surface area contributed by atoms with Crippen molar-refractivity contribution in [2.45, 2.75) is 44.9 Å². The van der Waals surface area contributed by atoms with E-state index in [4.69, 9.17) is 0 Å². The van der Waals surface area contributed by atoms with E-state index in [1.807, 2.05) is 0 Å². The SMILES string of the molecule is CNC(=O)CC(c1ccc(C(C)C)cc1)C1CC1. The molecule has 1 aromatic carbocycles. The predicted molar refractivity (Wildman–Crippen MR) is 74.7 cm³/mol. The highest BCUT2D eigenvalue weighted by Gasteiger charge is 2.33. The third kappa shape index (κ3) is 3.12. The van der Waals surface area contributed by atoms with Crippen LogP contribution < -0.4 is 5.32 Å². The van der Waals surface area contributed by atoms with Gasteiger partial charge in [-0.15, -0.1) is 0 Å². The number of carbonyl (C=O) groups is 1. The lowest BCUT2D eigenvalue weighted by Crippen LogP contribution is -2.21. The van der Waals surface area contributed by atoms with Crippen molar-refractivity contribution in [3.8, 4) is 0 Å². The van der Waals surface area contributed by atoms with Gasteiger partial charge in [-0.2, -0.15) is 0 Å². The Kier molecular flexibility index (Phi) is 4.05. The van der Waals surface area contributed by atoms with Crippen LogP contribution in [0.15, 0.2) is 24.3 Å². The van der Waals surface area contributed by atoms with Crippen LogP contribution in [-0.2, 0) is 4.79 Å². The van der Waals surface area contributed by atoms with E-state index in [0.29, 0.717) is 24.2 Å². The summed E-state index contributed by atoms with van der Waals surface area (Å²) in [5.74, 6) is 1.84. The first-order valence-corrected chi connectivity index (χ1v) is 6.92. The molecule has 98 valence electrons. The Labute approximate surface area is 110 Å². The zero-order chi connectivity index (χ0) is 13.1. The van der Waals surface area contributed by atoms with Gasteiger partial charge in [-0.25, -0.2) is 0 Å². The average Bonchev–Trinajstić information content (AvgIpc) is 3.20. The standard InChI is InChI=1S/C16H23NO/c1-11(2)12-4-6-13(7-5-12)15(14-8-9-14)10-16(18)17-3/h4-7,11,14-15H,8-10H2,1-3H3,(H,17,18). The van der Waals surface area contributed by atoms with Gasteiger partial charge in [0.2, 0.25) is 5.91 Å². The Hall–Kier alpha value is -1.31.